The van der Waals surface area contributed by atoms with Crippen LogP contribution >= 0.6 is 0 Å². The minimum Gasteiger partial charge on any atom is -0.309 e. The predicted molar refractivity (Wildman–Crippen MR) is 65.0 cm³/mol. The average molecular weight is 221 g/mol. The van der Waals surface area contributed by atoms with Gasteiger partial charge in [0.05, 0.1) is 12.5 Å². The molecule has 2 rings (SSSR count). The minimum atomic E-state index is 0.390. The van der Waals surface area contributed by atoms with Crippen LogP contribution in [0.2, 0.25) is 0 Å². The number of nitriles is 1. The SMILES string of the molecule is CCC(CC#N)NC1CC(C)N(C2CC2)C1. The minimum absolute atomic E-state index is 0.390. The topological polar surface area (TPSA) is 39.1 Å². The van der Waals surface area contributed by atoms with Crippen molar-refractivity contribution in [1.82, 2.24) is 10.2 Å². The first-order valence-electron chi connectivity index (χ1n) is 6.63. The summed E-state index contributed by atoms with van der Waals surface area (Å²) in [6.07, 6.45) is 5.74. The molecule has 0 bridgehead atoms. The maximum atomic E-state index is 8.74. The summed E-state index contributed by atoms with van der Waals surface area (Å²) in [7, 11) is 0. The molecular formula is C13H23N3. The molecule has 1 saturated carbocycles. The normalized spacial score (nSPS) is 32.6. The van der Waals surface area contributed by atoms with Crippen LogP contribution in [0.4, 0.5) is 0 Å². The molecule has 0 radical (unpaired) electrons. The molecule has 3 heteroatoms. The largest absolute Gasteiger partial charge is 0.309 e. The predicted octanol–water partition coefficient (Wildman–Crippen LogP) is 1.89. The molecule has 2 fully saturated rings. The van der Waals surface area contributed by atoms with Crippen LogP contribution in [0.25, 0.3) is 0 Å². The fourth-order valence-corrected chi connectivity index (χ4v) is 2.86. The molecule has 1 N–H and O–H groups in total. The van der Waals surface area contributed by atoms with E-state index in [4.69, 9.17) is 5.26 Å². The standard InChI is InChI=1S/C13H23N3/c1-3-11(6-7-14)15-12-8-10(2)16(9-12)13-4-5-13/h10-13,15H,3-6,8-9H2,1-2H3. The molecule has 1 aliphatic heterocycles. The Morgan fingerprint density at radius 3 is 2.81 bits per heavy atom. The first kappa shape index (κ1) is 11.9. The monoisotopic (exact) mass is 221 g/mol. The van der Waals surface area contributed by atoms with E-state index >= 15 is 0 Å². The summed E-state index contributed by atoms with van der Waals surface area (Å²) in [6, 6.07) is 4.87. The summed E-state index contributed by atoms with van der Waals surface area (Å²) in [5, 5.41) is 12.4. The third-order valence-electron chi connectivity index (χ3n) is 3.94. The van der Waals surface area contributed by atoms with E-state index < -0.39 is 0 Å². The number of hydrogen-bond acceptors (Lipinski definition) is 3. The van der Waals surface area contributed by atoms with Crippen molar-refractivity contribution in [1.29, 1.82) is 5.26 Å². The van der Waals surface area contributed by atoms with Gasteiger partial charge in [0, 0.05) is 30.7 Å². The Labute approximate surface area is 98.8 Å². The number of hydrogen-bond donors (Lipinski definition) is 1. The third-order valence-corrected chi connectivity index (χ3v) is 3.94. The van der Waals surface area contributed by atoms with Crippen LogP contribution in [0.15, 0.2) is 0 Å². The van der Waals surface area contributed by atoms with Gasteiger partial charge in [0.15, 0.2) is 0 Å². The lowest BCUT2D eigenvalue weighted by Crippen LogP contribution is -2.40. The fraction of sp³-hybridized carbons (Fsp3) is 0.923. The van der Waals surface area contributed by atoms with Crippen LogP contribution in [0.3, 0.4) is 0 Å². The highest BCUT2D eigenvalue weighted by Gasteiger charge is 2.38. The van der Waals surface area contributed by atoms with E-state index in [0.29, 0.717) is 18.5 Å². The molecular weight excluding hydrogens is 198 g/mol. The molecule has 1 aliphatic carbocycles. The van der Waals surface area contributed by atoms with E-state index in [0.717, 1.165) is 18.5 Å². The van der Waals surface area contributed by atoms with Gasteiger partial charge in [-0.2, -0.15) is 5.26 Å². The van der Waals surface area contributed by atoms with Crippen LogP contribution < -0.4 is 5.32 Å². The van der Waals surface area contributed by atoms with Gasteiger partial charge in [-0.1, -0.05) is 6.92 Å². The molecule has 90 valence electrons. The smallest absolute Gasteiger partial charge is 0.0638 e. The summed E-state index contributed by atoms with van der Waals surface area (Å²) < 4.78 is 0. The molecule has 0 aromatic rings. The van der Waals surface area contributed by atoms with Gasteiger partial charge in [-0.15, -0.1) is 0 Å². The quantitative estimate of drug-likeness (QED) is 0.770. The van der Waals surface area contributed by atoms with Crippen molar-refractivity contribution in [3.8, 4) is 6.07 Å². The Hall–Kier alpha value is -0.590. The highest BCUT2D eigenvalue weighted by molar-refractivity contribution is 4.97. The second-order valence-corrected chi connectivity index (χ2v) is 5.34. The molecule has 0 spiro atoms. The summed E-state index contributed by atoms with van der Waals surface area (Å²) in [4.78, 5) is 2.65. The molecule has 1 heterocycles. The molecule has 3 unspecified atom stereocenters. The zero-order valence-electron chi connectivity index (χ0n) is 10.4. The summed E-state index contributed by atoms with van der Waals surface area (Å²) in [5.41, 5.74) is 0. The Balaban J connectivity index is 1.80. The van der Waals surface area contributed by atoms with Crippen molar-refractivity contribution in [2.45, 2.75) is 70.1 Å². The number of likely N-dealkylation sites (tertiary alicyclic amines) is 1. The third kappa shape index (κ3) is 2.75. The molecule has 2 aliphatic rings. The van der Waals surface area contributed by atoms with Crippen LogP contribution in [0, 0.1) is 11.3 Å². The van der Waals surface area contributed by atoms with E-state index in [1.54, 1.807) is 0 Å². The Morgan fingerprint density at radius 1 is 1.50 bits per heavy atom. The van der Waals surface area contributed by atoms with E-state index in [9.17, 15) is 0 Å². The van der Waals surface area contributed by atoms with Gasteiger partial charge in [0.25, 0.3) is 0 Å². The Kier molecular flexibility index (Phi) is 3.83. The van der Waals surface area contributed by atoms with Gasteiger partial charge in [-0.25, -0.2) is 0 Å². The van der Waals surface area contributed by atoms with Gasteiger partial charge in [-0.05, 0) is 32.6 Å². The second-order valence-electron chi connectivity index (χ2n) is 5.34. The molecule has 0 aromatic carbocycles. The maximum absolute atomic E-state index is 8.74. The van der Waals surface area contributed by atoms with E-state index in [1.807, 2.05) is 0 Å². The maximum Gasteiger partial charge on any atom is 0.0638 e. The summed E-state index contributed by atoms with van der Waals surface area (Å²) in [5.74, 6) is 0. The number of nitrogens with one attached hydrogen (secondary N) is 1. The van der Waals surface area contributed by atoms with Gasteiger partial charge >= 0.3 is 0 Å². The molecule has 0 amide bonds. The first-order chi connectivity index (χ1) is 7.74. The van der Waals surface area contributed by atoms with E-state index in [-0.39, 0.29) is 0 Å². The zero-order valence-corrected chi connectivity index (χ0v) is 10.4. The highest BCUT2D eigenvalue weighted by Crippen LogP contribution is 2.33. The van der Waals surface area contributed by atoms with Crippen molar-refractivity contribution in [2.75, 3.05) is 6.54 Å². The fourth-order valence-electron chi connectivity index (χ4n) is 2.86. The van der Waals surface area contributed by atoms with E-state index in [2.05, 4.69) is 30.1 Å². The van der Waals surface area contributed by atoms with Crippen molar-refractivity contribution in [3.05, 3.63) is 0 Å². The molecule has 3 nitrogen and oxygen atoms in total. The second kappa shape index (κ2) is 5.16. The summed E-state index contributed by atoms with van der Waals surface area (Å²) in [6.45, 7) is 5.69. The van der Waals surface area contributed by atoms with Gasteiger partial charge in [-0.3, -0.25) is 4.90 Å². The lowest BCUT2D eigenvalue weighted by atomic mass is 10.1. The van der Waals surface area contributed by atoms with Crippen molar-refractivity contribution >= 4 is 0 Å². The van der Waals surface area contributed by atoms with E-state index in [1.165, 1.54) is 25.8 Å². The Morgan fingerprint density at radius 2 is 2.25 bits per heavy atom. The molecule has 3 atom stereocenters. The first-order valence-corrected chi connectivity index (χ1v) is 6.63. The Bertz CT molecular complexity index is 267. The lowest BCUT2D eigenvalue weighted by molar-refractivity contribution is 0.253. The average Bonchev–Trinajstić information content (AvgIpc) is 3.03. The zero-order chi connectivity index (χ0) is 11.5. The van der Waals surface area contributed by atoms with Crippen molar-refractivity contribution < 1.29 is 0 Å². The van der Waals surface area contributed by atoms with Gasteiger partial charge in [0.2, 0.25) is 0 Å². The summed E-state index contributed by atoms with van der Waals surface area (Å²) >= 11 is 0. The molecule has 16 heavy (non-hydrogen) atoms. The molecule has 1 saturated heterocycles. The van der Waals surface area contributed by atoms with Crippen LogP contribution in [0.5, 0.6) is 0 Å². The highest BCUT2D eigenvalue weighted by atomic mass is 15.3. The lowest BCUT2D eigenvalue weighted by Gasteiger charge is -2.21. The van der Waals surface area contributed by atoms with Crippen LogP contribution in [-0.2, 0) is 0 Å². The van der Waals surface area contributed by atoms with Crippen molar-refractivity contribution in [3.63, 3.8) is 0 Å². The van der Waals surface area contributed by atoms with Gasteiger partial charge < -0.3 is 5.32 Å². The number of rotatable bonds is 5. The van der Waals surface area contributed by atoms with Crippen LogP contribution in [0.1, 0.15) is 46.0 Å². The number of nitrogens with zero attached hydrogens (tertiary/aromatic N) is 2. The van der Waals surface area contributed by atoms with Gasteiger partial charge in [0.1, 0.15) is 0 Å². The molecule has 0 aromatic heterocycles. The van der Waals surface area contributed by atoms with Crippen molar-refractivity contribution in [2.24, 2.45) is 0 Å². The van der Waals surface area contributed by atoms with Crippen LogP contribution in [-0.4, -0.2) is 35.6 Å².